The van der Waals surface area contributed by atoms with Crippen molar-refractivity contribution in [3.63, 3.8) is 0 Å². The Morgan fingerprint density at radius 2 is 1.33 bits per heavy atom. The molecule has 1 heterocycles. The van der Waals surface area contributed by atoms with Gasteiger partial charge in [0.1, 0.15) is 5.82 Å². The number of nitrogens with zero attached hydrogens (tertiary/aromatic N) is 1. The SMILES string of the molecule is O=c1ccc(-c2ccc(F)cc2)cn1Cc1ccccc1-c1ccccc1. The minimum atomic E-state index is -0.274. The van der Waals surface area contributed by atoms with Gasteiger partial charge in [-0.3, -0.25) is 4.79 Å². The molecule has 0 radical (unpaired) electrons. The molecule has 3 aromatic carbocycles. The molecule has 0 aliphatic rings. The summed E-state index contributed by atoms with van der Waals surface area (Å²) in [5, 5.41) is 0. The van der Waals surface area contributed by atoms with E-state index >= 15 is 0 Å². The van der Waals surface area contributed by atoms with Crippen molar-refractivity contribution in [2.45, 2.75) is 6.54 Å². The smallest absolute Gasteiger partial charge is 0.250 e. The summed E-state index contributed by atoms with van der Waals surface area (Å²) in [6, 6.07) is 27.9. The fraction of sp³-hybridized carbons (Fsp3) is 0.0417. The summed E-state index contributed by atoms with van der Waals surface area (Å²) in [6.45, 7) is 0.471. The van der Waals surface area contributed by atoms with E-state index in [9.17, 15) is 9.18 Å². The van der Waals surface area contributed by atoms with Crippen LogP contribution in [-0.4, -0.2) is 4.57 Å². The quantitative estimate of drug-likeness (QED) is 0.482. The van der Waals surface area contributed by atoms with Gasteiger partial charge in [-0.15, -0.1) is 0 Å². The zero-order valence-electron chi connectivity index (χ0n) is 14.7. The second kappa shape index (κ2) is 7.42. The molecule has 4 rings (SSSR count). The van der Waals surface area contributed by atoms with Gasteiger partial charge in [0.05, 0.1) is 6.54 Å². The molecule has 27 heavy (non-hydrogen) atoms. The highest BCUT2D eigenvalue weighted by atomic mass is 19.1. The zero-order chi connectivity index (χ0) is 18.6. The van der Waals surface area contributed by atoms with E-state index in [0.717, 1.165) is 27.8 Å². The Morgan fingerprint density at radius 1 is 0.667 bits per heavy atom. The second-order valence-corrected chi connectivity index (χ2v) is 6.41. The lowest BCUT2D eigenvalue weighted by molar-refractivity contribution is 0.628. The molecule has 132 valence electrons. The standard InChI is InChI=1S/C24H18FNO/c25-22-13-10-18(11-14-22)20-12-15-24(27)26(16-20)17-21-8-4-5-9-23(21)19-6-2-1-3-7-19/h1-16H,17H2. The van der Waals surface area contributed by atoms with Crippen LogP contribution in [0.3, 0.4) is 0 Å². The number of rotatable bonds is 4. The number of hydrogen-bond acceptors (Lipinski definition) is 1. The molecule has 0 amide bonds. The van der Waals surface area contributed by atoms with E-state index in [1.54, 1.807) is 28.8 Å². The predicted octanol–water partition coefficient (Wildman–Crippen LogP) is 5.37. The molecule has 0 aliphatic heterocycles. The maximum Gasteiger partial charge on any atom is 0.250 e. The van der Waals surface area contributed by atoms with Crippen molar-refractivity contribution < 1.29 is 4.39 Å². The normalized spacial score (nSPS) is 10.7. The number of halogens is 1. The molecular weight excluding hydrogens is 337 g/mol. The fourth-order valence-electron chi connectivity index (χ4n) is 3.21. The highest BCUT2D eigenvalue weighted by Gasteiger charge is 2.07. The molecule has 0 atom stereocenters. The van der Waals surface area contributed by atoms with Gasteiger partial charge in [-0.05, 0) is 46.0 Å². The Kier molecular flexibility index (Phi) is 4.67. The largest absolute Gasteiger partial charge is 0.310 e. The van der Waals surface area contributed by atoms with E-state index < -0.39 is 0 Å². The summed E-state index contributed by atoms with van der Waals surface area (Å²) in [5.41, 5.74) is 4.99. The van der Waals surface area contributed by atoms with Crippen LogP contribution in [0, 0.1) is 5.82 Å². The van der Waals surface area contributed by atoms with Gasteiger partial charge in [0.2, 0.25) is 0 Å². The lowest BCUT2D eigenvalue weighted by Crippen LogP contribution is -2.19. The Balaban J connectivity index is 1.73. The Bertz CT molecular complexity index is 1110. The summed E-state index contributed by atoms with van der Waals surface area (Å²) >= 11 is 0. The average Bonchev–Trinajstić information content (AvgIpc) is 2.71. The molecule has 4 aromatic rings. The van der Waals surface area contributed by atoms with Crippen LogP contribution >= 0.6 is 0 Å². The molecule has 0 saturated carbocycles. The molecule has 0 spiro atoms. The van der Waals surface area contributed by atoms with E-state index in [0.29, 0.717) is 6.54 Å². The lowest BCUT2D eigenvalue weighted by Gasteiger charge is -2.13. The van der Waals surface area contributed by atoms with Gasteiger partial charge in [0.25, 0.3) is 5.56 Å². The first kappa shape index (κ1) is 17.0. The van der Waals surface area contributed by atoms with E-state index in [4.69, 9.17) is 0 Å². The Morgan fingerprint density at radius 3 is 2.11 bits per heavy atom. The van der Waals surface area contributed by atoms with Crippen LogP contribution in [0.25, 0.3) is 22.3 Å². The first-order chi connectivity index (χ1) is 13.2. The maximum absolute atomic E-state index is 13.2. The van der Waals surface area contributed by atoms with Gasteiger partial charge in [-0.2, -0.15) is 0 Å². The third-order valence-electron chi connectivity index (χ3n) is 4.60. The molecule has 0 aliphatic carbocycles. The minimum absolute atomic E-state index is 0.0660. The molecule has 0 bridgehead atoms. The summed E-state index contributed by atoms with van der Waals surface area (Å²) in [7, 11) is 0. The van der Waals surface area contributed by atoms with E-state index in [1.165, 1.54) is 12.1 Å². The topological polar surface area (TPSA) is 22.0 Å². The van der Waals surface area contributed by atoms with Crippen LogP contribution in [0.4, 0.5) is 4.39 Å². The number of benzene rings is 3. The van der Waals surface area contributed by atoms with Crippen molar-refractivity contribution in [3.8, 4) is 22.3 Å². The Labute approximate surface area is 157 Å². The molecule has 1 aromatic heterocycles. The van der Waals surface area contributed by atoms with Gasteiger partial charge in [-0.1, -0.05) is 66.7 Å². The summed E-state index contributed by atoms with van der Waals surface area (Å²) in [5.74, 6) is -0.274. The van der Waals surface area contributed by atoms with Crippen molar-refractivity contribution in [2.24, 2.45) is 0 Å². The Hall–Kier alpha value is -3.46. The summed E-state index contributed by atoms with van der Waals surface area (Å²) < 4.78 is 14.9. The highest BCUT2D eigenvalue weighted by Crippen LogP contribution is 2.24. The van der Waals surface area contributed by atoms with Crippen LogP contribution in [0.2, 0.25) is 0 Å². The minimum Gasteiger partial charge on any atom is -0.310 e. The first-order valence-corrected chi connectivity index (χ1v) is 8.80. The highest BCUT2D eigenvalue weighted by molar-refractivity contribution is 5.67. The maximum atomic E-state index is 13.2. The van der Waals surface area contributed by atoms with Crippen molar-refractivity contribution in [3.05, 3.63) is 119 Å². The molecule has 0 N–H and O–H groups in total. The zero-order valence-corrected chi connectivity index (χ0v) is 14.7. The van der Waals surface area contributed by atoms with Crippen molar-refractivity contribution >= 4 is 0 Å². The molecule has 0 unspecified atom stereocenters. The van der Waals surface area contributed by atoms with Gasteiger partial charge in [0.15, 0.2) is 0 Å². The summed E-state index contributed by atoms with van der Waals surface area (Å²) in [6.07, 6.45) is 1.83. The van der Waals surface area contributed by atoms with Gasteiger partial charge in [0, 0.05) is 12.3 Å². The van der Waals surface area contributed by atoms with Gasteiger partial charge < -0.3 is 4.57 Å². The van der Waals surface area contributed by atoms with Crippen molar-refractivity contribution in [2.75, 3.05) is 0 Å². The van der Waals surface area contributed by atoms with Crippen LogP contribution in [-0.2, 0) is 6.54 Å². The molecular formula is C24H18FNO. The van der Waals surface area contributed by atoms with E-state index in [1.807, 2.05) is 42.6 Å². The van der Waals surface area contributed by atoms with E-state index in [-0.39, 0.29) is 11.4 Å². The first-order valence-electron chi connectivity index (χ1n) is 8.80. The van der Waals surface area contributed by atoms with Crippen LogP contribution in [0.1, 0.15) is 5.56 Å². The molecule has 0 saturated heterocycles. The third-order valence-corrected chi connectivity index (χ3v) is 4.60. The lowest BCUT2D eigenvalue weighted by atomic mass is 9.99. The summed E-state index contributed by atoms with van der Waals surface area (Å²) in [4.78, 5) is 12.4. The fourth-order valence-corrected chi connectivity index (χ4v) is 3.21. The second-order valence-electron chi connectivity index (χ2n) is 6.41. The number of hydrogen-bond donors (Lipinski definition) is 0. The van der Waals surface area contributed by atoms with Crippen molar-refractivity contribution in [1.29, 1.82) is 0 Å². The molecule has 3 heteroatoms. The van der Waals surface area contributed by atoms with Crippen molar-refractivity contribution in [1.82, 2.24) is 4.57 Å². The monoisotopic (exact) mass is 355 g/mol. The predicted molar refractivity (Wildman–Crippen MR) is 107 cm³/mol. The number of aromatic nitrogens is 1. The third kappa shape index (κ3) is 3.72. The molecule has 0 fully saturated rings. The van der Waals surface area contributed by atoms with Crippen LogP contribution < -0.4 is 5.56 Å². The van der Waals surface area contributed by atoms with Crippen LogP contribution in [0.15, 0.2) is 102 Å². The van der Waals surface area contributed by atoms with E-state index in [2.05, 4.69) is 18.2 Å². The molecule has 2 nitrogen and oxygen atoms in total. The van der Waals surface area contributed by atoms with Crippen LogP contribution in [0.5, 0.6) is 0 Å². The van der Waals surface area contributed by atoms with Gasteiger partial charge >= 0.3 is 0 Å². The average molecular weight is 355 g/mol. The number of pyridine rings is 1. The van der Waals surface area contributed by atoms with Gasteiger partial charge in [-0.25, -0.2) is 4.39 Å².